The zero-order valence-electron chi connectivity index (χ0n) is 14.2. The van der Waals surface area contributed by atoms with Gasteiger partial charge in [0.2, 0.25) is 0 Å². The number of nitrogens with one attached hydrogen (secondary N) is 1. The highest BCUT2D eigenvalue weighted by molar-refractivity contribution is 6.32. The van der Waals surface area contributed by atoms with E-state index in [0.29, 0.717) is 35.3 Å². The number of halogens is 1. The van der Waals surface area contributed by atoms with Crippen LogP contribution in [-0.2, 0) is 0 Å². The van der Waals surface area contributed by atoms with E-state index in [1.165, 1.54) is 0 Å². The standard InChI is InChI=1S/C19H22ClNO3/c1-4-9-24-18-16(20)11-14(12-17(18)23-5-2)19(22)21-15-8-6-7-13(3)10-15/h6-8,10-12H,4-5,9H2,1-3H3,(H,21,22). The van der Waals surface area contributed by atoms with Gasteiger partial charge in [-0.2, -0.15) is 0 Å². The van der Waals surface area contributed by atoms with Crippen molar-refractivity contribution in [2.24, 2.45) is 0 Å². The van der Waals surface area contributed by atoms with Gasteiger partial charge < -0.3 is 14.8 Å². The van der Waals surface area contributed by atoms with Crippen LogP contribution in [-0.4, -0.2) is 19.1 Å². The van der Waals surface area contributed by atoms with Crippen molar-refractivity contribution < 1.29 is 14.3 Å². The van der Waals surface area contributed by atoms with Crippen molar-refractivity contribution in [2.75, 3.05) is 18.5 Å². The SMILES string of the molecule is CCCOc1c(Cl)cc(C(=O)Nc2cccc(C)c2)cc1OCC. The van der Waals surface area contributed by atoms with E-state index in [0.717, 1.165) is 17.7 Å². The van der Waals surface area contributed by atoms with E-state index in [1.54, 1.807) is 12.1 Å². The summed E-state index contributed by atoms with van der Waals surface area (Å²) < 4.78 is 11.2. The lowest BCUT2D eigenvalue weighted by atomic mass is 10.1. The summed E-state index contributed by atoms with van der Waals surface area (Å²) >= 11 is 6.29. The molecule has 0 saturated heterocycles. The second-order valence-electron chi connectivity index (χ2n) is 5.39. The third kappa shape index (κ3) is 4.65. The van der Waals surface area contributed by atoms with Crippen molar-refractivity contribution in [2.45, 2.75) is 27.2 Å². The molecule has 0 spiro atoms. The molecule has 2 aromatic carbocycles. The molecule has 0 aliphatic rings. The quantitative estimate of drug-likeness (QED) is 0.759. The minimum Gasteiger partial charge on any atom is -0.490 e. The first-order valence-electron chi connectivity index (χ1n) is 8.02. The van der Waals surface area contributed by atoms with Gasteiger partial charge in [0.25, 0.3) is 5.91 Å². The van der Waals surface area contributed by atoms with Crippen molar-refractivity contribution in [1.29, 1.82) is 0 Å². The highest BCUT2D eigenvalue weighted by Gasteiger charge is 2.16. The van der Waals surface area contributed by atoms with E-state index < -0.39 is 0 Å². The van der Waals surface area contributed by atoms with Crippen LogP contribution in [0.15, 0.2) is 36.4 Å². The lowest BCUT2D eigenvalue weighted by Gasteiger charge is -2.15. The fourth-order valence-electron chi connectivity index (χ4n) is 2.23. The summed E-state index contributed by atoms with van der Waals surface area (Å²) in [7, 11) is 0. The number of anilines is 1. The average Bonchev–Trinajstić information content (AvgIpc) is 2.54. The molecule has 0 heterocycles. The Balaban J connectivity index is 2.27. The molecule has 4 nitrogen and oxygen atoms in total. The predicted octanol–water partition coefficient (Wildman–Crippen LogP) is 5.09. The Morgan fingerprint density at radius 3 is 2.62 bits per heavy atom. The molecule has 0 radical (unpaired) electrons. The molecule has 0 aromatic heterocycles. The van der Waals surface area contributed by atoms with Gasteiger partial charge in [-0.15, -0.1) is 0 Å². The highest BCUT2D eigenvalue weighted by atomic mass is 35.5. The number of amides is 1. The summed E-state index contributed by atoms with van der Waals surface area (Å²) in [5, 5.41) is 3.23. The highest BCUT2D eigenvalue weighted by Crippen LogP contribution is 2.37. The molecule has 1 amide bonds. The Labute approximate surface area is 147 Å². The maximum absolute atomic E-state index is 12.5. The average molecular weight is 348 g/mol. The fourth-order valence-corrected chi connectivity index (χ4v) is 2.50. The summed E-state index contributed by atoms with van der Waals surface area (Å²) in [5.74, 6) is 0.714. The molecule has 0 saturated carbocycles. The maximum atomic E-state index is 12.5. The van der Waals surface area contributed by atoms with Gasteiger partial charge in [-0.3, -0.25) is 4.79 Å². The number of rotatable bonds is 7. The molecule has 1 N–H and O–H groups in total. The Bertz CT molecular complexity index is 716. The van der Waals surface area contributed by atoms with Gasteiger partial charge in [-0.25, -0.2) is 0 Å². The number of aryl methyl sites for hydroxylation is 1. The van der Waals surface area contributed by atoms with Crippen LogP contribution in [0.5, 0.6) is 11.5 Å². The molecular weight excluding hydrogens is 326 g/mol. The summed E-state index contributed by atoms with van der Waals surface area (Å²) in [5.41, 5.74) is 2.23. The molecule has 128 valence electrons. The first-order chi connectivity index (χ1) is 11.5. The Morgan fingerprint density at radius 1 is 1.17 bits per heavy atom. The first kappa shape index (κ1) is 18.1. The first-order valence-corrected chi connectivity index (χ1v) is 8.40. The van der Waals surface area contributed by atoms with Gasteiger partial charge in [0.1, 0.15) is 0 Å². The Morgan fingerprint density at radius 2 is 1.96 bits per heavy atom. The van der Waals surface area contributed by atoms with Crippen molar-refractivity contribution in [3.05, 3.63) is 52.5 Å². The lowest BCUT2D eigenvalue weighted by molar-refractivity contribution is 0.102. The minimum absolute atomic E-state index is 0.245. The maximum Gasteiger partial charge on any atom is 0.255 e. The van der Waals surface area contributed by atoms with Gasteiger partial charge in [-0.1, -0.05) is 30.7 Å². The summed E-state index contributed by atoms with van der Waals surface area (Å²) in [6.07, 6.45) is 0.859. The van der Waals surface area contributed by atoms with E-state index in [9.17, 15) is 4.79 Å². The largest absolute Gasteiger partial charge is 0.490 e. The summed E-state index contributed by atoms with van der Waals surface area (Å²) in [4.78, 5) is 12.5. The normalized spacial score (nSPS) is 10.3. The molecule has 0 unspecified atom stereocenters. The molecular formula is C19H22ClNO3. The van der Waals surface area contributed by atoms with Crippen LogP contribution < -0.4 is 14.8 Å². The summed E-state index contributed by atoms with van der Waals surface area (Å²) in [6.45, 7) is 6.85. The molecule has 0 aliphatic heterocycles. The van der Waals surface area contributed by atoms with E-state index in [2.05, 4.69) is 5.32 Å². The van der Waals surface area contributed by atoms with Crippen molar-refractivity contribution >= 4 is 23.2 Å². The lowest BCUT2D eigenvalue weighted by Crippen LogP contribution is -2.13. The number of carbonyl (C=O) groups is 1. The molecule has 0 atom stereocenters. The summed E-state index contributed by atoms with van der Waals surface area (Å²) in [6, 6.07) is 10.9. The molecule has 2 aromatic rings. The zero-order valence-corrected chi connectivity index (χ0v) is 14.9. The van der Waals surface area contributed by atoms with Crippen molar-refractivity contribution in [3.63, 3.8) is 0 Å². The van der Waals surface area contributed by atoms with Crippen LogP contribution in [0.4, 0.5) is 5.69 Å². The van der Waals surface area contributed by atoms with Crippen LogP contribution in [0.3, 0.4) is 0 Å². The van der Waals surface area contributed by atoms with Gasteiger partial charge in [0.05, 0.1) is 18.2 Å². The zero-order chi connectivity index (χ0) is 17.5. The molecule has 5 heteroatoms. The van der Waals surface area contributed by atoms with Crippen LogP contribution >= 0.6 is 11.6 Å². The van der Waals surface area contributed by atoms with Gasteiger partial charge in [0.15, 0.2) is 11.5 Å². The van der Waals surface area contributed by atoms with Crippen LogP contribution in [0, 0.1) is 6.92 Å². The number of carbonyl (C=O) groups excluding carboxylic acids is 1. The smallest absolute Gasteiger partial charge is 0.255 e. The molecule has 0 aliphatic carbocycles. The molecule has 24 heavy (non-hydrogen) atoms. The van der Waals surface area contributed by atoms with Crippen molar-refractivity contribution in [3.8, 4) is 11.5 Å². The third-order valence-electron chi connectivity index (χ3n) is 3.30. The molecule has 0 fully saturated rings. The van der Waals surface area contributed by atoms with E-state index in [-0.39, 0.29) is 5.91 Å². The topological polar surface area (TPSA) is 47.6 Å². The van der Waals surface area contributed by atoms with E-state index in [4.69, 9.17) is 21.1 Å². The Hall–Kier alpha value is -2.20. The molecule has 0 bridgehead atoms. The van der Waals surface area contributed by atoms with Crippen LogP contribution in [0.2, 0.25) is 5.02 Å². The number of ether oxygens (including phenoxy) is 2. The second-order valence-corrected chi connectivity index (χ2v) is 5.80. The number of hydrogen-bond donors (Lipinski definition) is 1. The number of hydrogen-bond acceptors (Lipinski definition) is 3. The van der Waals surface area contributed by atoms with E-state index in [1.807, 2.05) is 45.0 Å². The molecule has 2 rings (SSSR count). The predicted molar refractivity (Wildman–Crippen MR) is 97.5 cm³/mol. The van der Waals surface area contributed by atoms with Crippen LogP contribution in [0.1, 0.15) is 36.2 Å². The van der Waals surface area contributed by atoms with Crippen LogP contribution in [0.25, 0.3) is 0 Å². The fraction of sp³-hybridized carbons (Fsp3) is 0.316. The third-order valence-corrected chi connectivity index (χ3v) is 3.58. The van der Waals surface area contributed by atoms with Crippen molar-refractivity contribution in [1.82, 2.24) is 0 Å². The monoisotopic (exact) mass is 347 g/mol. The second kappa shape index (κ2) is 8.60. The minimum atomic E-state index is -0.245. The van der Waals surface area contributed by atoms with E-state index >= 15 is 0 Å². The Kier molecular flexibility index (Phi) is 6.50. The van der Waals surface area contributed by atoms with Gasteiger partial charge in [-0.05, 0) is 50.1 Å². The van der Waals surface area contributed by atoms with Gasteiger partial charge in [0, 0.05) is 11.3 Å². The van der Waals surface area contributed by atoms with Gasteiger partial charge >= 0.3 is 0 Å². The number of benzene rings is 2.